The maximum atomic E-state index is 3.71. The van der Waals surface area contributed by atoms with E-state index >= 15 is 0 Å². The smallest absolute Gasteiger partial charge is 0.0251 e. The second-order valence-electron chi connectivity index (χ2n) is 3.32. The molecule has 64 valence electrons. The fourth-order valence-electron chi connectivity index (χ4n) is 1.54. The first-order valence-corrected chi connectivity index (χ1v) is 6.67. The molecule has 1 N–H and O–H groups in total. The van der Waals surface area contributed by atoms with Crippen LogP contribution in [0.4, 0.5) is 0 Å². The van der Waals surface area contributed by atoms with Crippen molar-refractivity contribution < 1.29 is 0 Å². The van der Waals surface area contributed by atoms with Crippen LogP contribution in [-0.4, -0.2) is 35.1 Å². The van der Waals surface area contributed by atoms with E-state index in [1.54, 1.807) is 0 Å². The van der Waals surface area contributed by atoms with Crippen LogP contribution >= 0.6 is 23.5 Å². The van der Waals surface area contributed by atoms with Crippen LogP contribution < -0.4 is 5.32 Å². The van der Waals surface area contributed by atoms with E-state index in [1.807, 2.05) is 0 Å². The largest absolute Gasteiger partial charge is 0.309 e. The quantitative estimate of drug-likeness (QED) is 0.708. The van der Waals surface area contributed by atoms with Gasteiger partial charge in [-0.1, -0.05) is 0 Å². The normalized spacial score (nSPS) is 33.3. The Morgan fingerprint density at radius 2 is 1.82 bits per heavy atom. The van der Waals surface area contributed by atoms with Gasteiger partial charge < -0.3 is 5.32 Å². The van der Waals surface area contributed by atoms with Gasteiger partial charge in [-0.05, 0) is 18.6 Å². The van der Waals surface area contributed by atoms with Gasteiger partial charge in [-0.2, -0.15) is 23.5 Å². The molecule has 0 aliphatic carbocycles. The Balaban J connectivity index is 1.67. The molecule has 2 rings (SSSR count). The van der Waals surface area contributed by atoms with Crippen molar-refractivity contribution in [2.75, 3.05) is 23.0 Å². The van der Waals surface area contributed by atoms with Crippen molar-refractivity contribution in [2.45, 2.75) is 24.9 Å². The Morgan fingerprint density at radius 3 is 2.36 bits per heavy atom. The van der Waals surface area contributed by atoms with Gasteiger partial charge >= 0.3 is 0 Å². The predicted octanol–water partition coefficient (Wildman–Crippen LogP) is 1.59. The fourth-order valence-corrected chi connectivity index (χ4v) is 3.29. The van der Waals surface area contributed by atoms with Gasteiger partial charge in [-0.15, -0.1) is 0 Å². The van der Waals surface area contributed by atoms with Crippen LogP contribution in [0.1, 0.15) is 12.8 Å². The van der Waals surface area contributed by atoms with Crippen molar-refractivity contribution in [1.82, 2.24) is 5.32 Å². The Bertz CT molecular complexity index is 119. The SMILES string of the molecule is C1CSCC(NC2CSC2)C1. The van der Waals surface area contributed by atoms with Crippen LogP contribution in [0, 0.1) is 0 Å². The minimum atomic E-state index is 0.833. The predicted molar refractivity (Wildman–Crippen MR) is 54.6 cm³/mol. The maximum Gasteiger partial charge on any atom is 0.0251 e. The van der Waals surface area contributed by atoms with Crippen LogP contribution in [0.2, 0.25) is 0 Å². The van der Waals surface area contributed by atoms with Crippen LogP contribution in [-0.2, 0) is 0 Å². The highest BCUT2D eigenvalue weighted by molar-refractivity contribution is 8.00. The van der Waals surface area contributed by atoms with Gasteiger partial charge in [0.15, 0.2) is 0 Å². The van der Waals surface area contributed by atoms with Crippen molar-refractivity contribution >= 4 is 23.5 Å². The number of hydrogen-bond acceptors (Lipinski definition) is 3. The molecular weight excluding hydrogens is 174 g/mol. The third-order valence-corrected chi connectivity index (χ3v) is 4.76. The molecule has 0 bridgehead atoms. The Hall–Kier alpha value is 0.660. The average Bonchev–Trinajstić information content (AvgIpc) is 1.99. The van der Waals surface area contributed by atoms with Crippen molar-refractivity contribution in [3.8, 4) is 0 Å². The van der Waals surface area contributed by atoms with Gasteiger partial charge in [0.2, 0.25) is 0 Å². The molecule has 0 saturated carbocycles. The number of rotatable bonds is 2. The molecule has 0 aromatic rings. The minimum Gasteiger partial charge on any atom is -0.309 e. The first kappa shape index (κ1) is 8.27. The molecule has 2 heterocycles. The summed E-state index contributed by atoms with van der Waals surface area (Å²) in [5, 5.41) is 3.71. The molecule has 0 aromatic heterocycles. The second kappa shape index (κ2) is 4.06. The molecule has 2 fully saturated rings. The summed E-state index contributed by atoms with van der Waals surface area (Å²) in [5.74, 6) is 5.43. The lowest BCUT2D eigenvalue weighted by molar-refractivity contribution is 0.459. The molecule has 3 heteroatoms. The van der Waals surface area contributed by atoms with Gasteiger partial charge in [0, 0.05) is 29.3 Å². The van der Waals surface area contributed by atoms with Crippen molar-refractivity contribution in [3.05, 3.63) is 0 Å². The van der Waals surface area contributed by atoms with Crippen LogP contribution in [0.5, 0.6) is 0 Å². The van der Waals surface area contributed by atoms with Gasteiger partial charge in [0.05, 0.1) is 0 Å². The number of nitrogens with one attached hydrogen (secondary N) is 1. The lowest BCUT2D eigenvalue weighted by Gasteiger charge is -2.32. The van der Waals surface area contributed by atoms with E-state index in [2.05, 4.69) is 28.8 Å². The van der Waals surface area contributed by atoms with Gasteiger partial charge in [0.1, 0.15) is 0 Å². The highest BCUT2D eigenvalue weighted by atomic mass is 32.2. The van der Waals surface area contributed by atoms with E-state index in [9.17, 15) is 0 Å². The summed E-state index contributed by atoms with van der Waals surface area (Å²) in [6, 6.07) is 1.68. The molecule has 2 aliphatic heterocycles. The van der Waals surface area contributed by atoms with Crippen LogP contribution in [0.15, 0.2) is 0 Å². The zero-order chi connectivity index (χ0) is 7.52. The zero-order valence-corrected chi connectivity index (χ0v) is 8.35. The van der Waals surface area contributed by atoms with Gasteiger partial charge in [-0.3, -0.25) is 0 Å². The molecule has 11 heavy (non-hydrogen) atoms. The molecule has 0 aromatic carbocycles. The Morgan fingerprint density at radius 1 is 1.00 bits per heavy atom. The molecule has 2 saturated heterocycles. The van der Waals surface area contributed by atoms with E-state index in [1.165, 1.54) is 35.9 Å². The number of thioether (sulfide) groups is 2. The molecule has 1 nitrogen and oxygen atoms in total. The second-order valence-corrected chi connectivity index (χ2v) is 5.54. The van der Waals surface area contributed by atoms with Crippen LogP contribution in [0.3, 0.4) is 0 Å². The molecule has 0 radical (unpaired) electrons. The monoisotopic (exact) mass is 189 g/mol. The molecule has 0 spiro atoms. The van der Waals surface area contributed by atoms with E-state index < -0.39 is 0 Å². The topological polar surface area (TPSA) is 12.0 Å². The Labute approximate surface area is 77.1 Å². The van der Waals surface area contributed by atoms with Gasteiger partial charge in [0.25, 0.3) is 0 Å². The van der Waals surface area contributed by atoms with E-state index in [4.69, 9.17) is 0 Å². The molecular formula is C8H15NS2. The van der Waals surface area contributed by atoms with E-state index in [-0.39, 0.29) is 0 Å². The minimum absolute atomic E-state index is 0.833. The van der Waals surface area contributed by atoms with E-state index in [0.29, 0.717) is 0 Å². The summed E-state index contributed by atoms with van der Waals surface area (Å²) < 4.78 is 0. The molecule has 1 atom stereocenters. The van der Waals surface area contributed by atoms with Crippen molar-refractivity contribution in [2.24, 2.45) is 0 Å². The van der Waals surface area contributed by atoms with Crippen molar-refractivity contribution in [3.63, 3.8) is 0 Å². The highest BCUT2D eigenvalue weighted by Crippen LogP contribution is 2.22. The average molecular weight is 189 g/mol. The van der Waals surface area contributed by atoms with Gasteiger partial charge in [-0.25, -0.2) is 0 Å². The summed E-state index contributed by atoms with van der Waals surface area (Å²) in [6.45, 7) is 0. The summed E-state index contributed by atoms with van der Waals surface area (Å²) in [5.41, 5.74) is 0. The summed E-state index contributed by atoms with van der Waals surface area (Å²) in [7, 11) is 0. The fraction of sp³-hybridized carbons (Fsp3) is 1.00. The molecule has 2 aliphatic rings. The summed E-state index contributed by atoms with van der Waals surface area (Å²) >= 11 is 4.17. The first-order valence-electron chi connectivity index (χ1n) is 4.37. The lowest BCUT2D eigenvalue weighted by Crippen LogP contribution is -2.47. The highest BCUT2D eigenvalue weighted by Gasteiger charge is 2.22. The zero-order valence-electron chi connectivity index (χ0n) is 6.71. The molecule has 0 amide bonds. The first-order chi connectivity index (χ1) is 5.45. The lowest BCUT2D eigenvalue weighted by atomic mass is 10.1. The summed E-state index contributed by atoms with van der Waals surface area (Å²) in [6.07, 6.45) is 2.83. The molecule has 1 unspecified atom stereocenters. The third-order valence-electron chi connectivity index (χ3n) is 2.27. The standard InChI is InChI=1S/C8H15NS2/c1-2-7(4-10-3-1)9-8-5-11-6-8/h7-9H,1-6H2. The summed E-state index contributed by atoms with van der Waals surface area (Å²) in [4.78, 5) is 0. The van der Waals surface area contributed by atoms with Crippen molar-refractivity contribution in [1.29, 1.82) is 0 Å². The Kier molecular flexibility index (Phi) is 3.05. The maximum absolute atomic E-state index is 3.71. The van der Waals surface area contributed by atoms with E-state index in [0.717, 1.165) is 12.1 Å². The van der Waals surface area contributed by atoms with Crippen LogP contribution in [0.25, 0.3) is 0 Å². The third kappa shape index (κ3) is 2.30. The number of hydrogen-bond donors (Lipinski definition) is 1.